The molecule has 0 amide bonds. The van der Waals surface area contributed by atoms with Gasteiger partial charge in [-0.1, -0.05) is 23.7 Å². The number of methoxy groups -OCH3 is 1. The summed E-state index contributed by atoms with van der Waals surface area (Å²) in [6.45, 7) is 0. The van der Waals surface area contributed by atoms with Gasteiger partial charge in [-0.2, -0.15) is 0 Å². The van der Waals surface area contributed by atoms with Gasteiger partial charge in [-0.25, -0.2) is 9.37 Å². The van der Waals surface area contributed by atoms with Gasteiger partial charge in [0.2, 0.25) is 5.89 Å². The molecule has 1 aromatic heterocycles. The van der Waals surface area contributed by atoms with Crippen LogP contribution in [0.5, 0.6) is 5.75 Å². The number of benzene rings is 2. The fourth-order valence-electron chi connectivity index (χ4n) is 2.04. The minimum Gasteiger partial charge on any atom is -0.497 e. The van der Waals surface area contributed by atoms with Crippen molar-refractivity contribution in [3.05, 3.63) is 72.0 Å². The zero-order valence-electron chi connectivity index (χ0n) is 12.3. The quantitative estimate of drug-likeness (QED) is 0.657. The van der Waals surface area contributed by atoms with Gasteiger partial charge in [0.05, 0.1) is 13.3 Å². The maximum atomic E-state index is 12.9. The van der Waals surface area contributed by atoms with Crippen molar-refractivity contribution in [2.75, 3.05) is 7.11 Å². The van der Waals surface area contributed by atoms with E-state index in [2.05, 4.69) is 4.98 Å². The molecule has 0 saturated carbocycles. The molecular formula is C18H13ClFNO2. The summed E-state index contributed by atoms with van der Waals surface area (Å²) in [7, 11) is 1.61. The average molecular weight is 330 g/mol. The lowest BCUT2D eigenvalue weighted by molar-refractivity contribution is 0.415. The minimum atomic E-state index is -0.300. The Hall–Kier alpha value is -2.59. The number of aromatic nitrogens is 1. The molecule has 23 heavy (non-hydrogen) atoms. The Kier molecular flexibility index (Phi) is 4.44. The van der Waals surface area contributed by atoms with Crippen molar-refractivity contribution in [1.82, 2.24) is 4.98 Å². The van der Waals surface area contributed by atoms with Crippen molar-refractivity contribution in [1.29, 1.82) is 0 Å². The third kappa shape index (κ3) is 3.60. The predicted octanol–water partition coefficient (Wildman–Crippen LogP) is 5.23. The van der Waals surface area contributed by atoms with E-state index in [-0.39, 0.29) is 5.82 Å². The largest absolute Gasteiger partial charge is 0.497 e. The summed E-state index contributed by atoms with van der Waals surface area (Å²) in [5.41, 5.74) is 1.64. The number of hydrogen-bond donors (Lipinski definition) is 0. The Morgan fingerprint density at radius 3 is 2.48 bits per heavy atom. The molecule has 0 saturated heterocycles. The van der Waals surface area contributed by atoms with Gasteiger partial charge in [0.1, 0.15) is 16.6 Å². The molecule has 3 aromatic rings. The van der Waals surface area contributed by atoms with Crippen molar-refractivity contribution in [3.8, 4) is 17.1 Å². The summed E-state index contributed by atoms with van der Waals surface area (Å²) >= 11 is 6.25. The lowest BCUT2D eigenvalue weighted by Crippen LogP contribution is -1.82. The van der Waals surface area contributed by atoms with Crippen LogP contribution in [0.1, 0.15) is 11.5 Å². The number of oxazole rings is 1. The molecule has 0 aliphatic carbocycles. The summed E-state index contributed by atoms with van der Waals surface area (Å²) in [5, 5.41) is 0.378. The second-order valence-electron chi connectivity index (χ2n) is 4.80. The van der Waals surface area contributed by atoms with Gasteiger partial charge in [0.25, 0.3) is 0 Å². The topological polar surface area (TPSA) is 35.3 Å². The predicted molar refractivity (Wildman–Crippen MR) is 88.6 cm³/mol. The van der Waals surface area contributed by atoms with E-state index in [1.54, 1.807) is 31.5 Å². The first-order valence-corrected chi connectivity index (χ1v) is 7.27. The summed E-state index contributed by atoms with van der Waals surface area (Å²) in [5.74, 6) is 1.31. The van der Waals surface area contributed by atoms with Crippen LogP contribution in [-0.4, -0.2) is 12.1 Å². The smallest absolute Gasteiger partial charge is 0.238 e. The van der Waals surface area contributed by atoms with Crippen LogP contribution in [0.4, 0.5) is 4.39 Å². The van der Waals surface area contributed by atoms with Crippen LogP contribution in [0, 0.1) is 5.82 Å². The van der Waals surface area contributed by atoms with Crippen LogP contribution in [0.3, 0.4) is 0 Å². The highest BCUT2D eigenvalue weighted by molar-refractivity contribution is 6.50. The lowest BCUT2D eigenvalue weighted by Gasteiger charge is -2.00. The zero-order chi connectivity index (χ0) is 16.2. The van der Waals surface area contributed by atoms with Gasteiger partial charge in [0, 0.05) is 5.56 Å². The molecule has 0 N–H and O–H groups in total. The third-order valence-electron chi connectivity index (χ3n) is 3.25. The van der Waals surface area contributed by atoms with E-state index in [1.165, 1.54) is 12.1 Å². The first kappa shape index (κ1) is 15.3. The highest BCUT2D eigenvalue weighted by Gasteiger charge is 2.09. The Balaban J connectivity index is 1.83. The first-order valence-electron chi connectivity index (χ1n) is 6.89. The monoisotopic (exact) mass is 329 g/mol. The highest BCUT2D eigenvalue weighted by Crippen LogP contribution is 2.27. The third-order valence-corrected chi connectivity index (χ3v) is 3.52. The molecule has 0 unspecified atom stereocenters. The van der Waals surface area contributed by atoms with Gasteiger partial charge in [0.15, 0.2) is 5.76 Å². The number of hydrogen-bond acceptors (Lipinski definition) is 3. The van der Waals surface area contributed by atoms with Crippen molar-refractivity contribution in [2.24, 2.45) is 0 Å². The van der Waals surface area contributed by atoms with Crippen LogP contribution in [-0.2, 0) is 0 Å². The lowest BCUT2D eigenvalue weighted by atomic mass is 10.2. The molecule has 116 valence electrons. The van der Waals surface area contributed by atoms with E-state index in [0.717, 1.165) is 16.9 Å². The van der Waals surface area contributed by atoms with Gasteiger partial charge < -0.3 is 9.15 Å². The van der Waals surface area contributed by atoms with Crippen LogP contribution in [0.2, 0.25) is 0 Å². The van der Waals surface area contributed by atoms with Crippen molar-refractivity contribution >= 4 is 22.7 Å². The van der Waals surface area contributed by atoms with E-state index in [9.17, 15) is 4.39 Å². The Morgan fingerprint density at radius 2 is 1.83 bits per heavy atom. The fourth-order valence-corrected chi connectivity index (χ4v) is 2.25. The second-order valence-corrected chi connectivity index (χ2v) is 5.21. The normalized spacial score (nSPS) is 11.5. The van der Waals surface area contributed by atoms with Crippen LogP contribution >= 0.6 is 11.6 Å². The van der Waals surface area contributed by atoms with Crippen LogP contribution in [0.25, 0.3) is 22.4 Å². The Bertz CT molecular complexity index is 823. The summed E-state index contributed by atoms with van der Waals surface area (Å²) in [6, 6.07) is 13.4. The van der Waals surface area contributed by atoms with E-state index < -0.39 is 0 Å². The van der Waals surface area contributed by atoms with Gasteiger partial charge >= 0.3 is 0 Å². The van der Waals surface area contributed by atoms with Gasteiger partial charge in [-0.05, 0) is 48.0 Å². The maximum Gasteiger partial charge on any atom is 0.238 e. The number of halogens is 2. The molecular weight excluding hydrogens is 317 g/mol. The molecule has 2 aromatic carbocycles. The standard InChI is InChI=1S/C18H13ClFNO2/c1-22-15-8-2-12(3-9-15)10-16(19)18-21-11-17(23-18)13-4-6-14(20)7-5-13/h2-11H,1H3. The molecule has 0 aliphatic heterocycles. The molecule has 0 bridgehead atoms. The van der Waals surface area contributed by atoms with Crippen LogP contribution < -0.4 is 4.74 Å². The molecule has 0 atom stereocenters. The van der Waals surface area contributed by atoms with Crippen molar-refractivity contribution in [2.45, 2.75) is 0 Å². The molecule has 0 aliphatic rings. The first-order chi connectivity index (χ1) is 11.2. The van der Waals surface area contributed by atoms with E-state index in [1.807, 2.05) is 24.3 Å². The average Bonchev–Trinajstić information content (AvgIpc) is 3.06. The Labute approximate surface area is 138 Å². The summed E-state index contributed by atoms with van der Waals surface area (Å²) < 4.78 is 23.7. The highest BCUT2D eigenvalue weighted by atomic mass is 35.5. The van der Waals surface area contributed by atoms with Crippen molar-refractivity contribution in [3.63, 3.8) is 0 Å². The fraction of sp³-hybridized carbons (Fsp3) is 0.0556. The molecule has 3 nitrogen and oxygen atoms in total. The molecule has 3 rings (SSSR count). The molecule has 0 radical (unpaired) electrons. The molecule has 5 heteroatoms. The van der Waals surface area contributed by atoms with Gasteiger partial charge in [-0.3, -0.25) is 0 Å². The van der Waals surface area contributed by atoms with E-state index >= 15 is 0 Å². The minimum absolute atomic E-state index is 0.300. The molecule has 1 heterocycles. The maximum absolute atomic E-state index is 12.9. The Morgan fingerprint density at radius 1 is 1.13 bits per heavy atom. The van der Waals surface area contributed by atoms with E-state index in [0.29, 0.717) is 16.7 Å². The number of ether oxygens (including phenoxy) is 1. The summed E-state index contributed by atoms with van der Waals surface area (Å²) in [6.07, 6.45) is 3.31. The molecule has 0 spiro atoms. The van der Waals surface area contributed by atoms with E-state index in [4.69, 9.17) is 20.8 Å². The van der Waals surface area contributed by atoms with Crippen molar-refractivity contribution < 1.29 is 13.5 Å². The number of nitrogens with zero attached hydrogens (tertiary/aromatic N) is 1. The number of rotatable bonds is 4. The summed E-state index contributed by atoms with van der Waals surface area (Å²) in [4.78, 5) is 4.16. The second kappa shape index (κ2) is 6.67. The van der Waals surface area contributed by atoms with Crippen LogP contribution in [0.15, 0.2) is 59.1 Å². The SMILES string of the molecule is COc1ccc(C=C(Cl)c2ncc(-c3ccc(F)cc3)o2)cc1. The molecule has 0 fully saturated rings. The van der Waals surface area contributed by atoms with Gasteiger partial charge in [-0.15, -0.1) is 0 Å². The zero-order valence-corrected chi connectivity index (χ0v) is 13.0.